The van der Waals surface area contributed by atoms with E-state index in [-0.39, 0.29) is 0 Å². The number of hydrogen-bond acceptors (Lipinski definition) is 0. The van der Waals surface area contributed by atoms with Crippen molar-refractivity contribution >= 4 is 0 Å². The van der Waals surface area contributed by atoms with Crippen molar-refractivity contribution in [2.24, 2.45) is 23.2 Å². The van der Waals surface area contributed by atoms with Gasteiger partial charge in [0.05, 0.1) is 0 Å². The third-order valence-electron chi connectivity index (χ3n) is 4.05. The number of allylic oxidation sites excluding steroid dienone is 2. The Labute approximate surface area is 69.7 Å². The molecule has 0 spiro atoms. The molecule has 1 fully saturated rings. The highest BCUT2D eigenvalue weighted by molar-refractivity contribution is 5.23. The molecule has 3 aliphatic rings. The van der Waals surface area contributed by atoms with Gasteiger partial charge in [0.25, 0.3) is 0 Å². The summed E-state index contributed by atoms with van der Waals surface area (Å²) in [7, 11) is 0. The normalized spacial score (nSPS) is 46.2. The van der Waals surface area contributed by atoms with Gasteiger partial charge in [-0.15, -0.1) is 0 Å². The van der Waals surface area contributed by atoms with Crippen LogP contribution in [0.5, 0.6) is 0 Å². The van der Waals surface area contributed by atoms with Crippen LogP contribution in [0.15, 0.2) is 11.6 Å². The third-order valence-corrected chi connectivity index (χ3v) is 4.05. The van der Waals surface area contributed by atoms with Crippen molar-refractivity contribution in [2.45, 2.75) is 34.1 Å². The van der Waals surface area contributed by atoms with Crippen molar-refractivity contribution in [3.8, 4) is 0 Å². The zero-order valence-electron chi connectivity index (χ0n) is 8.02. The molecule has 2 bridgehead atoms. The first-order valence-electron chi connectivity index (χ1n) is 4.72. The first-order chi connectivity index (χ1) is 5.03. The van der Waals surface area contributed by atoms with Gasteiger partial charge >= 0.3 is 0 Å². The van der Waals surface area contributed by atoms with Crippen LogP contribution in [0.2, 0.25) is 0 Å². The second-order valence-corrected chi connectivity index (χ2v) is 4.99. The maximum absolute atomic E-state index is 2.48. The van der Waals surface area contributed by atoms with Gasteiger partial charge in [0.1, 0.15) is 0 Å². The number of rotatable bonds is 0. The van der Waals surface area contributed by atoms with E-state index in [1.807, 2.05) is 0 Å². The summed E-state index contributed by atoms with van der Waals surface area (Å²) in [5.41, 5.74) is 2.25. The molecular weight excluding hydrogens is 132 g/mol. The molecular formula is C11H18. The summed E-state index contributed by atoms with van der Waals surface area (Å²) < 4.78 is 0. The number of hydrogen-bond donors (Lipinski definition) is 0. The Hall–Kier alpha value is -0.260. The number of fused-ring (bicyclic) bond motifs is 1. The van der Waals surface area contributed by atoms with Gasteiger partial charge in [-0.25, -0.2) is 0 Å². The minimum atomic E-state index is 0.609. The second kappa shape index (κ2) is 1.91. The molecule has 0 radical (unpaired) electrons. The van der Waals surface area contributed by atoms with Crippen LogP contribution >= 0.6 is 0 Å². The molecule has 0 aromatic heterocycles. The fourth-order valence-corrected chi connectivity index (χ4v) is 3.27. The van der Waals surface area contributed by atoms with Crippen molar-refractivity contribution < 1.29 is 0 Å². The maximum atomic E-state index is 2.48. The minimum absolute atomic E-state index is 0.609. The summed E-state index contributed by atoms with van der Waals surface area (Å²) in [6.45, 7) is 9.53. The zero-order valence-corrected chi connectivity index (χ0v) is 8.02. The van der Waals surface area contributed by atoms with Crippen LogP contribution in [0.4, 0.5) is 0 Å². The van der Waals surface area contributed by atoms with Crippen LogP contribution in [0.3, 0.4) is 0 Å². The highest BCUT2D eigenvalue weighted by atomic mass is 14.6. The van der Waals surface area contributed by atoms with Crippen LogP contribution in [0.1, 0.15) is 34.1 Å². The lowest BCUT2D eigenvalue weighted by atomic mass is 9.46. The highest BCUT2D eigenvalue weighted by Gasteiger charge is 2.52. The predicted octanol–water partition coefficient (Wildman–Crippen LogP) is 3.24. The lowest BCUT2D eigenvalue weighted by Gasteiger charge is -2.58. The molecule has 11 heavy (non-hydrogen) atoms. The lowest BCUT2D eigenvalue weighted by molar-refractivity contribution is -0.0343. The first kappa shape index (κ1) is 7.39. The molecule has 0 aromatic carbocycles. The molecule has 0 nitrogen and oxygen atoms in total. The Morgan fingerprint density at radius 3 is 2.45 bits per heavy atom. The fourth-order valence-electron chi connectivity index (χ4n) is 3.27. The molecule has 0 heterocycles. The molecule has 0 amide bonds. The van der Waals surface area contributed by atoms with Gasteiger partial charge in [0.15, 0.2) is 0 Å². The molecule has 0 N–H and O–H groups in total. The van der Waals surface area contributed by atoms with E-state index in [0.29, 0.717) is 5.41 Å². The van der Waals surface area contributed by atoms with Gasteiger partial charge in [-0.1, -0.05) is 32.4 Å². The molecule has 0 heteroatoms. The SMILES string of the molecule is CC1=C[C@H](C)C2CC1C2(C)C. The van der Waals surface area contributed by atoms with Gasteiger partial charge < -0.3 is 0 Å². The maximum Gasteiger partial charge on any atom is -0.0149 e. The highest BCUT2D eigenvalue weighted by Crippen LogP contribution is 2.60. The van der Waals surface area contributed by atoms with E-state index >= 15 is 0 Å². The second-order valence-electron chi connectivity index (χ2n) is 4.99. The molecule has 3 aliphatic carbocycles. The van der Waals surface area contributed by atoms with E-state index in [9.17, 15) is 0 Å². The average Bonchev–Trinajstić information content (AvgIpc) is 1.84. The van der Waals surface area contributed by atoms with Crippen molar-refractivity contribution in [3.05, 3.63) is 11.6 Å². The Morgan fingerprint density at radius 2 is 2.09 bits per heavy atom. The molecule has 0 aromatic rings. The average molecular weight is 150 g/mol. The summed E-state index contributed by atoms with van der Waals surface area (Å²) >= 11 is 0. The predicted molar refractivity (Wildman–Crippen MR) is 48.3 cm³/mol. The van der Waals surface area contributed by atoms with Crippen LogP contribution in [0.25, 0.3) is 0 Å². The van der Waals surface area contributed by atoms with Crippen molar-refractivity contribution in [1.82, 2.24) is 0 Å². The van der Waals surface area contributed by atoms with Gasteiger partial charge in [-0.3, -0.25) is 0 Å². The van der Waals surface area contributed by atoms with E-state index in [4.69, 9.17) is 0 Å². The van der Waals surface area contributed by atoms with E-state index in [1.54, 1.807) is 5.57 Å². The van der Waals surface area contributed by atoms with Gasteiger partial charge in [-0.05, 0) is 36.5 Å². The van der Waals surface area contributed by atoms with E-state index < -0.39 is 0 Å². The van der Waals surface area contributed by atoms with E-state index in [1.165, 1.54) is 6.42 Å². The molecule has 2 unspecified atom stereocenters. The summed E-state index contributed by atoms with van der Waals surface area (Å²) in [5.74, 6) is 2.70. The largest absolute Gasteiger partial charge is 0.0822 e. The lowest BCUT2D eigenvalue weighted by Crippen LogP contribution is -2.50. The quantitative estimate of drug-likeness (QED) is 0.465. The van der Waals surface area contributed by atoms with Crippen molar-refractivity contribution in [3.63, 3.8) is 0 Å². The monoisotopic (exact) mass is 150 g/mol. The van der Waals surface area contributed by atoms with E-state index in [0.717, 1.165) is 17.8 Å². The van der Waals surface area contributed by atoms with Crippen LogP contribution < -0.4 is 0 Å². The third kappa shape index (κ3) is 0.758. The standard InChI is InChI=1S/C11H18/c1-7-5-8(2)10-6-9(7)11(10,3)4/h5,7,9-10H,6H2,1-4H3/t7-,9?,10?/m0/s1. The zero-order chi connectivity index (χ0) is 8.22. The summed E-state index contributed by atoms with van der Waals surface area (Å²) in [6.07, 6.45) is 3.93. The Balaban J connectivity index is 2.34. The van der Waals surface area contributed by atoms with Crippen LogP contribution in [-0.4, -0.2) is 0 Å². The summed E-state index contributed by atoms with van der Waals surface area (Å²) in [6, 6.07) is 0. The smallest absolute Gasteiger partial charge is 0.0149 e. The summed E-state index contributed by atoms with van der Waals surface area (Å²) in [5, 5.41) is 0. The molecule has 0 aliphatic heterocycles. The molecule has 62 valence electrons. The first-order valence-corrected chi connectivity index (χ1v) is 4.72. The van der Waals surface area contributed by atoms with Gasteiger partial charge in [0, 0.05) is 0 Å². The molecule has 3 rings (SSSR count). The van der Waals surface area contributed by atoms with Crippen molar-refractivity contribution in [1.29, 1.82) is 0 Å². The van der Waals surface area contributed by atoms with Gasteiger partial charge in [-0.2, -0.15) is 0 Å². The molecule has 1 saturated carbocycles. The topological polar surface area (TPSA) is 0 Å². The molecule has 3 atom stereocenters. The molecule has 0 saturated heterocycles. The van der Waals surface area contributed by atoms with Crippen LogP contribution in [-0.2, 0) is 0 Å². The Morgan fingerprint density at radius 1 is 1.45 bits per heavy atom. The minimum Gasteiger partial charge on any atom is -0.0822 e. The Bertz CT molecular complexity index is 210. The summed E-state index contributed by atoms with van der Waals surface area (Å²) in [4.78, 5) is 0. The fraction of sp³-hybridized carbons (Fsp3) is 0.818. The van der Waals surface area contributed by atoms with Gasteiger partial charge in [0.2, 0.25) is 0 Å². The Kier molecular flexibility index (Phi) is 1.28. The van der Waals surface area contributed by atoms with Crippen LogP contribution in [0, 0.1) is 23.2 Å². The van der Waals surface area contributed by atoms with E-state index in [2.05, 4.69) is 33.8 Å². The van der Waals surface area contributed by atoms with Crippen molar-refractivity contribution in [2.75, 3.05) is 0 Å².